The molecule has 1 aliphatic heterocycles. The van der Waals surface area contributed by atoms with Crippen molar-refractivity contribution < 1.29 is 4.90 Å². The molecule has 0 atom stereocenters. The van der Waals surface area contributed by atoms with Gasteiger partial charge in [-0.15, -0.1) is 0 Å². The second-order valence-electron chi connectivity index (χ2n) is 6.90. The molecule has 1 saturated heterocycles. The van der Waals surface area contributed by atoms with Crippen LogP contribution in [0.25, 0.3) is 5.69 Å². The molecule has 4 rings (SSSR count). The van der Waals surface area contributed by atoms with Crippen LogP contribution in [-0.2, 0) is 6.67 Å². The van der Waals surface area contributed by atoms with Crippen molar-refractivity contribution in [3.63, 3.8) is 0 Å². The Morgan fingerprint density at radius 3 is 2.44 bits per heavy atom. The van der Waals surface area contributed by atoms with E-state index in [1.54, 1.807) is 12.4 Å². The molecule has 3 heterocycles. The quantitative estimate of drug-likeness (QED) is 0.687. The standard InChI is InChI=1S/C19H23N7S/c1-15-6-3-4-7-17(15)26-16(2)22-25(19(26)27)14-23-10-12-24(13-11-23)18-20-8-5-9-21-18/h3-9H,10-14H2,1-2H3/p+1. The minimum absolute atomic E-state index is 0.753. The average molecular weight is 383 g/mol. The summed E-state index contributed by atoms with van der Waals surface area (Å²) in [6, 6.07) is 10.1. The molecule has 0 aliphatic carbocycles. The average Bonchev–Trinajstić information content (AvgIpc) is 2.97. The number of piperazine rings is 1. The highest BCUT2D eigenvalue weighted by Gasteiger charge is 2.23. The van der Waals surface area contributed by atoms with Crippen molar-refractivity contribution in [2.45, 2.75) is 20.5 Å². The number of benzene rings is 1. The minimum Gasteiger partial charge on any atom is -0.330 e. The van der Waals surface area contributed by atoms with Gasteiger partial charge in [0, 0.05) is 12.4 Å². The van der Waals surface area contributed by atoms with Crippen molar-refractivity contribution >= 4 is 18.2 Å². The monoisotopic (exact) mass is 382 g/mol. The summed E-state index contributed by atoms with van der Waals surface area (Å²) in [5, 5.41) is 4.72. The molecule has 1 aromatic carbocycles. The molecule has 27 heavy (non-hydrogen) atoms. The van der Waals surface area contributed by atoms with Crippen molar-refractivity contribution in [2.24, 2.45) is 0 Å². The van der Waals surface area contributed by atoms with E-state index in [0.717, 1.165) is 55.1 Å². The molecule has 8 heteroatoms. The third-order valence-corrected chi connectivity index (χ3v) is 5.43. The summed E-state index contributed by atoms with van der Waals surface area (Å²) in [5.74, 6) is 1.73. The Balaban J connectivity index is 1.48. The van der Waals surface area contributed by atoms with E-state index in [9.17, 15) is 0 Å². The summed E-state index contributed by atoms with van der Waals surface area (Å²) in [4.78, 5) is 12.4. The van der Waals surface area contributed by atoms with E-state index in [4.69, 9.17) is 17.3 Å². The summed E-state index contributed by atoms with van der Waals surface area (Å²) >= 11 is 5.74. The van der Waals surface area contributed by atoms with Crippen LogP contribution in [0.3, 0.4) is 0 Å². The SMILES string of the molecule is Cc1ccccc1-n1c(C)nn(C[NH+]2CCN(c3ncccn3)CC2)c1=S. The topological polar surface area (TPSA) is 56.2 Å². The Kier molecular flexibility index (Phi) is 5.00. The van der Waals surface area contributed by atoms with Crippen LogP contribution in [0.5, 0.6) is 0 Å². The first-order valence-corrected chi connectivity index (χ1v) is 9.62. The molecule has 7 nitrogen and oxygen atoms in total. The predicted octanol–water partition coefficient (Wildman–Crippen LogP) is 1.17. The van der Waals surface area contributed by atoms with Crippen LogP contribution in [0.1, 0.15) is 11.4 Å². The highest BCUT2D eigenvalue weighted by Crippen LogP contribution is 2.16. The van der Waals surface area contributed by atoms with E-state index in [0.29, 0.717) is 0 Å². The maximum Gasteiger partial charge on any atom is 0.225 e. The fourth-order valence-corrected chi connectivity index (χ4v) is 3.89. The third kappa shape index (κ3) is 3.63. The number of rotatable bonds is 4. The van der Waals surface area contributed by atoms with Crippen LogP contribution in [0.4, 0.5) is 5.95 Å². The van der Waals surface area contributed by atoms with Gasteiger partial charge in [-0.3, -0.25) is 4.57 Å². The highest BCUT2D eigenvalue weighted by molar-refractivity contribution is 7.71. The maximum atomic E-state index is 5.74. The minimum atomic E-state index is 0.753. The van der Waals surface area contributed by atoms with Gasteiger partial charge in [0.05, 0.1) is 31.9 Å². The first-order chi connectivity index (χ1) is 13.1. The number of anilines is 1. The number of hydrogen-bond donors (Lipinski definition) is 1. The van der Waals surface area contributed by atoms with E-state index < -0.39 is 0 Å². The first kappa shape index (κ1) is 17.8. The van der Waals surface area contributed by atoms with Gasteiger partial charge in [-0.25, -0.2) is 9.97 Å². The van der Waals surface area contributed by atoms with Crippen molar-refractivity contribution in [3.05, 3.63) is 58.9 Å². The summed E-state index contributed by atoms with van der Waals surface area (Å²) in [6.07, 6.45) is 3.59. The number of para-hydroxylation sites is 1. The van der Waals surface area contributed by atoms with E-state index in [2.05, 4.69) is 38.5 Å². The largest absolute Gasteiger partial charge is 0.330 e. The van der Waals surface area contributed by atoms with Crippen LogP contribution in [0.15, 0.2) is 42.7 Å². The zero-order valence-electron chi connectivity index (χ0n) is 15.7. The molecule has 1 N–H and O–H groups in total. The second-order valence-corrected chi connectivity index (χ2v) is 7.26. The molecule has 0 unspecified atom stereocenters. The highest BCUT2D eigenvalue weighted by atomic mass is 32.1. The fourth-order valence-electron chi connectivity index (χ4n) is 3.56. The van der Waals surface area contributed by atoms with Crippen molar-refractivity contribution in [2.75, 3.05) is 31.1 Å². The van der Waals surface area contributed by atoms with Crippen molar-refractivity contribution in [1.29, 1.82) is 0 Å². The Hall–Kier alpha value is -2.58. The Bertz CT molecular complexity index is 971. The van der Waals surface area contributed by atoms with Crippen molar-refractivity contribution in [3.8, 4) is 5.69 Å². The van der Waals surface area contributed by atoms with Crippen LogP contribution < -0.4 is 9.80 Å². The zero-order chi connectivity index (χ0) is 18.8. The molecule has 1 fully saturated rings. The Morgan fingerprint density at radius 2 is 1.74 bits per heavy atom. The molecule has 0 radical (unpaired) electrons. The molecule has 2 aromatic heterocycles. The van der Waals surface area contributed by atoms with Gasteiger partial charge < -0.3 is 9.80 Å². The molecule has 1 aliphatic rings. The smallest absolute Gasteiger partial charge is 0.225 e. The molecule has 0 amide bonds. The lowest BCUT2D eigenvalue weighted by atomic mass is 10.2. The summed E-state index contributed by atoms with van der Waals surface area (Å²) in [6.45, 7) is 8.78. The lowest BCUT2D eigenvalue weighted by Crippen LogP contribution is -3.14. The molecule has 3 aromatic rings. The van der Waals surface area contributed by atoms with E-state index in [1.807, 2.05) is 29.8 Å². The van der Waals surface area contributed by atoms with E-state index in [-0.39, 0.29) is 0 Å². The number of aryl methyl sites for hydroxylation is 2. The first-order valence-electron chi connectivity index (χ1n) is 9.21. The summed E-state index contributed by atoms with van der Waals surface area (Å²) in [5.41, 5.74) is 2.30. The van der Waals surface area contributed by atoms with Crippen molar-refractivity contribution in [1.82, 2.24) is 24.3 Å². The molecule has 0 saturated carbocycles. The molecular formula is C19H24N7S+. The number of hydrogen-bond acceptors (Lipinski definition) is 5. The van der Waals surface area contributed by atoms with Gasteiger partial charge >= 0.3 is 0 Å². The number of aromatic nitrogens is 5. The van der Waals surface area contributed by atoms with Gasteiger partial charge in [0.25, 0.3) is 0 Å². The van der Waals surface area contributed by atoms with E-state index in [1.165, 1.54) is 10.5 Å². The number of nitrogens with zero attached hydrogens (tertiary/aromatic N) is 6. The van der Waals surface area contributed by atoms with Crippen LogP contribution >= 0.6 is 12.2 Å². The lowest BCUT2D eigenvalue weighted by Gasteiger charge is -2.31. The van der Waals surface area contributed by atoms with Gasteiger partial charge in [0.1, 0.15) is 5.82 Å². The molecule has 140 valence electrons. The number of quaternary nitrogens is 1. The van der Waals surface area contributed by atoms with Crippen LogP contribution in [-0.4, -0.2) is 50.5 Å². The van der Waals surface area contributed by atoms with Crippen LogP contribution in [0, 0.1) is 18.6 Å². The normalized spacial score (nSPS) is 15.3. The molecule has 0 spiro atoms. The fraction of sp³-hybridized carbons (Fsp3) is 0.368. The van der Waals surface area contributed by atoms with Gasteiger partial charge in [0.15, 0.2) is 6.67 Å². The Labute approximate surface area is 163 Å². The van der Waals surface area contributed by atoms with Crippen LogP contribution in [0.2, 0.25) is 0 Å². The van der Waals surface area contributed by atoms with Gasteiger partial charge in [-0.05, 0) is 43.8 Å². The van der Waals surface area contributed by atoms with Gasteiger partial charge in [-0.2, -0.15) is 9.78 Å². The van der Waals surface area contributed by atoms with E-state index >= 15 is 0 Å². The zero-order valence-corrected chi connectivity index (χ0v) is 16.5. The second kappa shape index (κ2) is 7.58. The Morgan fingerprint density at radius 1 is 1.04 bits per heavy atom. The van der Waals surface area contributed by atoms with Gasteiger partial charge in [0.2, 0.25) is 10.7 Å². The third-order valence-electron chi connectivity index (χ3n) is 5.04. The maximum absolute atomic E-state index is 5.74. The predicted molar refractivity (Wildman–Crippen MR) is 107 cm³/mol. The lowest BCUT2D eigenvalue weighted by molar-refractivity contribution is -0.924. The summed E-state index contributed by atoms with van der Waals surface area (Å²) < 4.78 is 4.78. The van der Waals surface area contributed by atoms with Gasteiger partial charge in [-0.1, -0.05) is 18.2 Å². The molecular weight excluding hydrogens is 358 g/mol. The molecule has 0 bridgehead atoms. The summed E-state index contributed by atoms with van der Waals surface area (Å²) in [7, 11) is 0. The number of nitrogens with one attached hydrogen (secondary N) is 1.